The zero-order valence-corrected chi connectivity index (χ0v) is 20.5. The fourth-order valence-electron chi connectivity index (χ4n) is 4.49. The lowest BCUT2D eigenvalue weighted by Gasteiger charge is -2.25. The molecular formula is C24H22N6O10. The summed E-state index contributed by atoms with van der Waals surface area (Å²) >= 11 is 0. The van der Waals surface area contributed by atoms with Gasteiger partial charge >= 0.3 is 0 Å². The van der Waals surface area contributed by atoms with Crippen molar-refractivity contribution in [2.24, 2.45) is 0 Å². The van der Waals surface area contributed by atoms with Crippen LogP contribution in [0.15, 0.2) is 66.7 Å². The third-order valence-electron chi connectivity index (χ3n) is 6.40. The van der Waals surface area contributed by atoms with Gasteiger partial charge in [0.1, 0.15) is 23.6 Å². The molecule has 0 aromatic heterocycles. The van der Waals surface area contributed by atoms with Gasteiger partial charge in [-0.2, -0.15) is 0 Å². The first-order valence-electron chi connectivity index (χ1n) is 11.8. The number of nitro benzene ring substituents is 4. The van der Waals surface area contributed by atoms with Crippen molar-refractivity contribution in [3.05, 3.63) is 113 Å². The second-order valence-corrected chi connectivity index (χ2v) is 8.92. The molecular weight excluding hydrogens is 532 g/mol. The summed E-state index contributed by atoms with van der Waals surface area (Å²) < 4.78 is 5.99. The third-order valence-corrected chi connectivity index (χ3v) is 6.40. The second-order valence-electron chi connectivity index (χ2n) is 8.92. The first-order chi connectivity index (χ1) is 19.0. The molecule has 4 atom stereocenters. The van der Waals surface area contributed by atoms with Crippen LogP contribution in [0.1, 0.15) is 12.0 Å². The van der Waals surface area contributed by atoms with Gasteiger partial charge in [0.15, 0.2) is 0 Å². The number of aliphatic hydroxyl groups is 1. The van der Waals surface area contributed by atoms with Crippen LogP contribution in [0.3, 0.4) is 0 Å². The van der Waals surface area contributed by atoms with E-state index >= 15 is 0 Å². The van der Waals surface area contributed by atoms with Crippen molar-refractivity contribution in [3.8, 4) is 0 Å². The highest BCUT2D eigenvalue weighted by Crippen LogP contribution is 2.36. The molecule has 0 unspecified atom stereocenters. The molecule has 16 nitrogen and oxygen atoms in total. The van der Waals surface area contributed by atoms with Crippen molar-refractivity contribution in [2.45, 2.75) is 37.3 Å². The van der Waals surface area contributed by atoms with E-state index in [9.17, 15) is 45.6 Å². The average Bonchev–Trinajstić information content (AvgIpc) is 3.21. The summed E-state index contributed by atoms with van der Waals surface area (Å²) in [7, 11) is 0. The Morgan fingerprint density at radius 1 is 0.725 bits per heavy atom. The van der Waals surface area contributed by atoms with Crippen LogP contribution in [-0.2, 0) is 11.3 Å². The summed E-state index contributed by atoms with van der Waals surface area (Å²) in [5.41, 5.74) is -1.47. The van der Waals surface area contributed by atoms with E-state index in [1.54, 1.807) is 24.3 Å². The topological polar surface area (TPSA) is 226 Å². The van der Waals surface area contributed by atoms with Crippen molar-refractivity contribution >= 4 is 34.1 Å². The molecule has 0 amide bonds. The number of anilines is 2. The van der Waals surface area contributed by atoms with E-state index in [2.05, 4.69) is 10.6 Å². The summed E-state index contributed by atoms with van der Waals surface area (Å²) in [6, 6.07) is 13.4. The van der Waals surface area contributed by atoms with Crippen LogP contribution in [0.4, 0.5) is 34.1 Å². The lowest BCUT2D eigenvalue weighted by atomic mass is 10.1. The summed E-state index contributed by atoms with van der Waals surface area (Å²) in [4.78, 5) is 42.3. The number of nitrogens with one attached hydrogen (secondary N) is 2. The van der Waals surface area contributed by atoms with Gasteiger partial charge in [0.05, 0.1) is 50.5 Å². The van der Waals surface area contributed by atoms with Gasteiger partial charge in [0, 0.05) is 12.1 Å². The number of ether oxygens (including phenoxy) is 1. The smallest absolute Gasteiger partial charge is 0.299 e. The van der Waals surface area contributed by atoms with Gasteiger partial charge in [-0.3, -0.25) is 40.5 Å². The third kappa shape index (κ3) is 6.08. The van der Waals surface area contributed by atoms with Crippen LogP contribution < -0.4 is 10.6 Å². The summed E-state index contributed by atoms with van der Waals surface area (Å²) in [5, 5.41) is 62.4. The van der Waals surface area contributed by atoms with E-state index in [0.29, 0.717) is 0 Å². The predicted octanol–water partition coefficient (Wildman–Crippen LogP) is 3.93. The van der Waals surface area contributed by atoms with Gasteiger partial charge in [-0.15, -0.1) is 0 Å². The van der Waals surface area contributed by atoms with Crippen molar-refractivity contribution in [3.63, 3.8) is 0 Å². The Hall–Kier alpha value is -5.22. The standard InChI is InChI=1S/C24H22N6O10/c31-23-19(25-17-8-6-15(27(32)33)10-21(17)29(36)37)12-20(24(23)40-13-14-4-2-1-3-5-14)26-18-9-7-16(28(34)35)11-22(18)30(38)39/h1-11,19-20,23-26,31H,12-13H2/t19-,20+,23+,24-/m0/s1. The van der Waals surface area contributed by atoms with Gasteiger partial charge < -0.3 is 20.5 Å². The summed E-state index contributed by atoms with van der Waals surface area (Å²) in [6.07, 6.45) is -2.22. The molecule has 1 aliphatic rings. The molecule has 3 aromatic carbocycles. The number of rotatable bonds is 11. The van der Waals surface area contributed by atoms with Gasteiger partial charge in [0.25, 0.3) is 22.7 Å². The molecule has 4 rings (SSSR count). The van der Waals surface area contributed by atoms with E-state index in [0.717, 1.165) is 35.9 Å². The largest absolute Gasteiger partial charge is 0.388 e. The summed E-state index contributed by atoms with van der Waals surface area (Å²) in [5.74, 6) is 0. The van der Waals surface area contributed by atoms with Crippen LogP contribution in [0.25, 0.3) is 0 Å². The van der Waals surface area contributed by atoms with Crippen molar-refractivity contribution in [1.82, 2.24) is 0 Å². The van der Waals surface area contributed by atoms with E-state index in [1.807, 2.05) is 6.07 Å². The molecule has 1 fully saturated rings. The number of hydrogen-bond donors (Lipinski definition) is 3. The van der Waals surface area contributed by atoms with Gasteiger partial charge in [-0.1, -0.05) is 30.3 Å². The Bertz CT molecular complexity index is 1450. The maximum atomic E-state index is 11.6. The number of benzene rings is 3. The zero-order valence-electron chi connectivity index (χ0n) is 20.5. The summed E-state index contributed by atoms with van der Waals surface area (Å²) in [6.45, 7) is 0.0630. The normalized spacial score (nSPS) is 20.0. The van der Waals surface area contributed by atoms with Crippen molar-refractivity contribution in [1.29, 1.82) is 0 Å². The molecule has 0 spiro atoms. The molecule has 1 saturated carbocycles. The minimum absolute atomic E-state index is 0.0446. The maximum Gasteiger partial charge on any atom is 0.299 e. The molecule has 0 heterocycles. The molecule has 0 bridgehead atoms. The van der Waals surface area contributed by atoms with Crippen LogP contribution in [0, 0.1) is 40.5 Å². The predicted molar refractivity (Wildman–Crippen MR) is 140 cm³/mol. The fraction of sp³-hybridized carbons (Fsp3) is 0.250. The monoisotopic (exact) mass is 554 g/mol. The number of aliphatic hydroxyl groups excluding tert-OH is 1. The molecule has 208 valence electrons. The van der Waals surface area contributed by atoms with Crippen molar-refractivity contribution in [2.75, 3.05) is 10.6 Å². The highest BCUT2D eigenvalue weighted by Gasteiger charge is 2.44. The van der Waals surface area contributed by atoms with Gasteiger partial charge in [-0.05, 0) is 24.1 Å². The fourth-order valence-corrected chi connectivity index (χ4v) is 4.49. The van der Waals surface area contributed by atoms with E-state index in [1.165, 1.54) is 6.07 Å². The Labute approximate surface area is 224 Å². The van der Waals surface area contributed by atoms with Gasteiger partial charge in [0.2, 0.25) is 0 Å². The molecule has 3 N–H and O–H groups in total. The zero-order chi connectivity index (χ0) is 29.0. The minimum Gasteiger partial charge on any atom is -0.388 e. The van der Waals surface area contributed by atoms with Crippen molar-refractivity contribution < 1.29 is 29.5 Å². The van der Waals surface area contributed by atoms with Gasteiger partial charge in [-0.25, -0.2) is 0 Å². The molecule has 0 saturated heterocycles. The SMILES string of the molecule is O=[N+]([O-])c1ccc(N[C@H]2C[C@@H](Nc3ccc([N+](=O)[O-])cc3[N+](=O)[O-])[C@H](OCc3ccccc3)[C@@H]2O)c([N+](=O)[O-])c1. The van der Waals surface area contributed by atoms with E-state index in [-0.39, 0.29) is 24.4 Å². The molecule has 16 heteroatoms. The highest BCUT2D eigenvalue weighted by atomic mass is 16.6. The molecule has 40 heavy (non-hydrogen) atoms. The van der Waals surface area contributed by atoms with Crippen LogP contribution >= 0.6 is 0 Å². The number of nitrogens with zero attached hydrogens (tertiary/aromatic N) is 4. The Kier molecular flexibility index (Phi) is 8.11. The Morgan fingerprint density at radius 2 is 1.23 bits per heavy atom. The lowest BCUT2D eigenvalue weighted by molar-refractivity contribution is -0.393. The van der Waals surface area contributed by atoms with Crippen LogP contribution in [0.5, 0.6) is 0 Å². The molecule has 3 aromatic rings. The molecule has 0 radical (unpaired) electrons. The number of nitro groups is 4. The number of non-ortho nitro benzene ring substituents is 2. The molecule has 0 aliphatic heterocycles. The first kappa shape index (κ1) is 27.8. The second kappa shape index (κ2) is 11.7. The van der Waals surface area contributed by atoms with E-state index < -0.39 is 66.7 Å². The number of hydrogen-bond acceptors (Lipinski definition) is 12. The Balaban J connectivity index is 1.64. The maximum absolute atomic E-state index is 11.6. The Morgan fingerprint density at radius 3 is 1.70 bits per heavy atom. The van der Waals surface area contributed by atoms with Crippen LogP contribution in [-0.4, -0.2) is 49.1 Å². The highest BCUT2D eigenvalue weighted by molar-refractivity contribution is 5.67. The van der Waals surface area contributed by atoms with E-state index in [4.69, 9.17) is 4.74 Å². The first-order valence-corrected chi connectivity index (χ1v) is 11.8. The quantitative estimate of drug-likeness (QED) is 0.226. The van der Waals surface area contributed by atoms with Crippen LogP contribution in [0.2, 0.25) is 0 Å². The molecule has 1 aliphatic carbocycles. The average molecular weight is 554 g/mol. The lowest BCUT2D eigenvalue weighted by Crippen LogP contribution is -2.40. The minimum atomic E-state index is -1.28.